The van der Waals surface area contributed by atoms with Gasteiger partial charge in [-0.3, -0.25) is 4.79 Å². The van der Waals surface area contributed by atoms with Gasteiger partial charge in [0, 0.05) is 11.6 Å². The first-order chi connectivity index (χ1) is 12.2. The summed E-state index contributed by atoms with van der Waals surface area (Å²) in [5.74, 6) is 2.26. The van der Waals surface area contributed by atoms with Gasteiger partial charge in [0.15, 0.2) is 5.76 Å². The van der Waals surface area contributed by atoms with Crippen LogP contribution >= 0.6 is 0 Å². The number of Topliss-reactive ketones (excluding diaryl/α,β-unsaturated/α-hetero) is 1. The van der Waals surface area contributed by atoms with Crippen LogP contribution in [-0.4, -0.2) is 18.5 Å². The van der Waals surface area contributed by atoms with Crippen LogP contribution in [0.2, 0.25) is 0 Å². The highest BCUT2D eigenvalue weighted by molar-refractivity contribution is 6.12. The Labute approximate surface area is 146 Å². The Morgan fingerprint density at radius 3 is 2.84 bits per heavy atom. The van der Waals surface area contributed by atoms with E-state index < -0.39 is 0 Å². The van der Waals surface area contributed by atoms with Gasteiger partial charge in [-0.1, -0.05) is 18.2 Å². The topological polar surface area (TPSA) is 44.8 Å². The Balaban J connectivity index is 1.66. The van der Waals surface area contributed by atoms with E-state index >= 15 is 0 Å². The van der Waals surface area contributed by atoms with Crippen LogP contribution in [0, 0.1) is 0 Å². The summed E-state index contributed by atoms with van der Waals surface area (Å²) >= 11 is 0. The van der Waals surface area contributed by atoms with E-state index in [9.17, 15) is 4.79 Å². The molecule has 0 saturated carbocycles. The largest absolute Gasteiger partial charge is 0.494 e. The molecule has 1 atom stereocenters. The summed E-state index contributed by atoms with van der Waals surface area (Å²) in [5, 5.41) is 0. The number of benzene rings is 2. The smallest absolute Gasteiger partial charge is 0.231 e. The molecule has 25 heavy (non-hydrogen) atoms. The average molecular weight is 334 g/mol. The molecule has 0 fully saturated rings. The number of ketones is 1. The highest BCUT2D eigenvalue weighted by atomic mass is 16.5. The van der Waals surface area contributed by atoms with E-state index in [0.29, 0.717) is 29.4 Å². The van der Waals surface area contributed by atoms with Gasteiger partial charge < -0.3 is 14.2 Å². The maximum atomic E-state index is 12.6. The van der Waals surface area contributed by atoms with Gasteiger partial charge in [0.2, 0.25) is 5.78 Å². The molecular formula is C21H18O4. The summed E-state index contributed by atoms with van der Waals surface area (Å²) in [6.07, 6.45) is 3.65. The lowest BCUT2D eigenvalue weighted by Gasteiger charge is -2.22. The first-order valence-electron chi connectivity index (χ1n) is 8.34. The number of carbonyl (C=O) groups is 1. The van der Waals surface area contributed by atoms with Gasteiger partial charge in [0.25, 0.3) is 0 Å². The number of ether oxygens (including phenoxy) is 3. The molecule has 126 valence electrons. The van der Waals surface area contributed by atoms with E-state index in [-0.39, 0.29) is 11.9 Å². The predicted octanol–water partition coefficient (Wildman–Crippen LogP) is 4.41. The van der Waals surface area contributed by atoms with E-state index in [1.165, 1.54) is 0 Å². The molecule has 0 N–H and O–H groups in total. The van der Waals surface area contributed by atoms with Gasteiger partial charge in [-0.25, -0.2) is 0 Å². The number of hydrogen-bond donors (Lipinski definition) is 0. The SMILES string of the molecule is CCOc1ccc2c(c1)OC(=CC1=Cc3ccccc3OC1C)C2=O. The van der Waals surface area contributed by atoms with Gasteiger partial charge in [0.1, 0.15) is 23.4 Å². The molecule has 0 radical (unpaired) electrons. The zero-order chi connectivity index (χ0) is 17.4. The van der Waals surface area contributed by atoms with Crippen molar-refractivity contribution in [2.45, 2.75) is 20.0 Å². The molecule has 0 aliphatic carbocycles. The lowest BCUT2D eigenvalue weighted by molar-refractivity contribution is 0.101. The highest BCUT2D eigenvalue weighted by Gasteiger charge is 2.29. The van der Waals surface area contributed by atoms with Gasteiger partial charge in [0.05, 0.1) is 12.2 Å². The Kier molecular flexibility index (Phi) is 3.80. The zero-order valence-corrected chi connectivity index (χ0v) is 14.1. The lowest BCUT2D eigenvalue weighted by Crippen LogP contribution is -2.18. The van der Waals surface area contributed by atoms with E-state index in [2.05, 4.69) is 0 Å². The van der Waals surface area contributed by atoms with Crippen LogP contribution in [-0.2, 0) is 0 Å². The Bertz CT molecular complexity index is 908. The number of para-hydroxylation sites is 1. The Hall–Kier alpha value is -3.01. The quantitative estimate of drug-likeness (QED) is 0.780. The maximum Gasteiger partial charge on any atom is 0.231 e. The summed E-state index contributed by atoms with van der Waals surface area (Å²) in [6.45, 7) is 4.44. The van der Waals surface area contributed by atoms with Crippen molar-refractivity contribution in [2.24, 2.45) is 0 Å². The molecule has 0 amide bonds. The standard InChI is InChI=1S/C21H18O4/c1-3-23-16-8-9-17-19(12-16)25-20(21(17)22)11-15-10-14-6-4-5-7-18(14)24-13(15)2/h4-13H,3H2,1-2H3. The predicted molar refractivity (Wildman–Crippen MR) is 95.2 cm³/mol. The molecule has 2 aliphatic heterocycles. The van der Waals surface area contributed by atoms with Crippen molar-refractivity contribution in [3.63, 3.8) is 0 Å². The molecule has 2 aromatic carbocycles. The average Bonchev–Trinajstić information content (AvgIpc) is 2.91. The van der Waals surface area contributed by atoms with Crippen LogP contribution in [0.15, 0.2) is 59.9 Å². The summed E-state index contributed by atoms with van der Waals surface area (Å²) in [4.78, 5) is 12.6. The van der Waals surface area contributed by atoms with Crippen LogP contribution in [0.3, 0.4) is 0 Å². The lowest BCUT2D eigenvalue weighted by atomic mass is 10.0. The van der Waals surface area contributed by atoms with Crippen LogP contribution in [0.25, 0.3) is 6.08 Å². The fourth-order valence-electron chi connectivity index (χ4n) is 3.00. The molecule has 2 heterocycles. The minimum absolute atomic E-state index is 0.120. The number of carbonyl (C=O) groups excluding carboxylic acids is 1. The fourth-order valence-corrected chi connectivity index (χ4v) is 3.00. The molecular weight excluding hydrogens is 316 g/mol. The second-order valence-electron chi connectivity index (χ2n) is 5.97. The van der Waals surface area contributed by atoms with Crippen LogP contribution in [0.4, 0.5) is 0 Å². The van der Waals surface area contributed by atoms with Crippen molar-refractivity contribution < 1.29 is 19.0 Å². The maximum absolute atomic E-state index is 12.6. The first-order valence-corrected chi connectivity index (χ1v) is 8.34. The Morgan fingerprint density at radius 1 is 1.16 bits per heavy atom. The molecule has 0 spiro atoms. The van der Waals surface area contributed by atoms with Gasteiger partial charge in [-0.05, 0) is 49.8 Å². The molecule has 2 aliphatic rings. The summed E-state index contributed by atoms with van der Waals surface area (Å²) in [6, 6.07) is 13.1. The van der Waals surface area contributed by atoms with E-state index in [1.54, 1.807) is 24.3 Å². The second-order valence-corrected chi connectivity index (χ2v) is 5.97. The third-order valence-corrected chi connectivity index (χ3v) is 4.26. The molecule has 4 heteroatoms. The highest BCUT2D eigenvalue weighted by Crippen LogP contribution is 2.36. The number of allylic oxidation sites excluding steroid dienone is 1. The van der Waals surface area contributed by atoms with Crippen molar-refractivity contribution in [2.75, 3.05) is 6.61 Å². The minimum Gasteiger partial charge on any atom is -0.494 e. The van der Waals surface area contributed by atoms with Crippen molar-refractivity contribution in [3.8, 4) is 17.2 Å². The van der Waals surface area contributed by atoms with Crippen LogP contribution in [0.5, 0.6) is 17.2 Å². The third-order valence-electron chi connectivity index (χ3n) is 4.26. The van der Waals surface area contributed by atoms with Crippen LogP contribution < -0.4 is 14.2 Å². The molecule has 0 saturated heterocycles. The van der Waals surface area contributed by atoms with Crippen LogP contribution in [0.1, 0.15) is 29.8 Å². The molecule has 0 aromatic heterocycles. The first kappa shape index (κ1) is 15.5. The second kappa shape index (κ2) is 6.13. The summed E-state index contributed by atoms with van der Waals surface area (Å²) < 4.78 is 17.2. The monoisotopic (exact) mass is 334 g/mol. The van der Waals surface area contributed by atoms with Crippen molar-refractivity contribution in [1.82, 2.24) is 0 Å². The molecule has 0 bridgehead atoms. The van der Waals surface area contributed by atoms with Gasteiger partial charge in [-0.15, -0.1) is 0 Å². The number of rotatable bonds is 3. The van der Waals surface area contributed by atoms with E-state index in [4.69, 9.17) is 14.2 Å². The molecule has 2 aromatic rings. The van der Waals surface area contributed by atoms with E-state index in [1.807, 2.05) is 44.2 Å². The normalized spacial score (nSPS) is 19.6. The van der Waals surface area contributed by atoms with Gasteiger partial charge in [-0.2, -0.15) is 0 Å². The third kappa shape index (κ3) is 2.80. The number of hydrogen-bond acceptors (Lipinski definition) is 4. The fraction of sp³-hybridized carbons (Fsp3) is 0.190. The van der Waals surface area contributed by atoms with Crippen molar-refractivity contribution >= 4 is 11.9 Å². The summed E-state index contributed by atoms with van der Waals surface area (Å²) in [5.41, 5.74) is 2.45. The van der Waals surface area contributed by atoms with Crippen molar-refractivity contribution in [3.05, 3.63) is 71.0 Å². The Morgan fingerprint density at radius 2 is 2.00 bits per heavy atom. The van der Waals surface area contributed by atoms with E-state index in [0.717, 1.165) is 16.9 Å². The molecule has 4 rings (SSSR count). The number of fused-ring (bicyclic) bond motifs is 2. The molecule has 1 unspecified atom stereocenters. The molecule has 4 nitrogen and oxygen atoms in total. The van der Waals surface area contributed by atoms with Gasteiger partial charge >= 0.3 is 0 Å². The van der Waals surface area contributed by atoms with Crippen molar-refractivity contribution in [1.29, 1.82) is 0 Å². The summed E-state index contributed by atoms with van der Waals surface area (Å²) in [7, 11) is 0. The zero-order valence-electron chi connectivity index (χ0n) is 14.1. The minimum atomic E-state index is -0.151.